The fraction of sp³-hybridized carbons (Fsp3) is 1.00. The van der Waals surface area contributed by atoms with Crippen LogP contribution in [0.1, 0.15) is 85.0 Å². The van der Waals surface area contributed by atoms with Gasteiger partial charge in [-0.05, 0) is 39.5 Å². The minimum Gasteiger partial charge on any atom is -0.393 e. The Morgan fingerprint density at radius 1 is 1.05 bits per heavy atom. The Kier molecular flexibility index (Phi) is 8.74. The molecule has 0 aromatic carbocycles. The molecule has 3 heteroatoms. The van der Waals surface area contributed by atoms with Gasteiger partial charge in [-0.25, -0.2) is 0 Å². The van der Waals surface area contributed by atoms with Gasteiger partial charge in [0.25, 0.3) is 0 Å². The Hall–Kier alpha value is -0.120. The highest BCUT2D eigenvalue weighted by molar-refractivity contribution is 4.71. The molecule has 1 rings (SSSR count). The Morgan fingerprint density at radius 2 is 1.70 bits per heavy atom. The molecule has 0 amide bonds. The maximum Gasteiger partial charge on any atom is 0.163 e. The molecule has 0 saturated carbocycles. The Morgan fingerprint density at radius 3 is 2.35 bits per heavy atom. The number of aliphatic hydroxyl groups is 1. The normalized spacial score (nSPS) is 23.1. The van der Waals surface area contributed by atoms with Gasteiger partial charge in [-0.2, -0.15) is 0 Å². The average molecular weight is 286 g/mol. The third-order valence-electron chi connectivity index (χ3n) is 4.02. The summed E-state index contributed by atoms with van der Waals surface area (Å²) >= 11 is 0. The molecule has 3 nitrogen and oxygen atoms in total. The number of hydrogen-bond acceptors (Lipinski definition) is 3. The van der Waals surface area contributed by atoms with Crippen LogP contribution in [0.5, 0.6) is 0 Å². The third kappa shape index (κ3) is 8.23. The predicted molar refractivity (Wildman–Crippen MR) is 82.8 cm³/mol. The van der Waals surface area contributed by atoms with Gasteiger partial charge >= 0.3 is 0 Å². The molecule has 20 heavy (non-hydrogen) atoms. The lowest BCUT2D eigenvalue weighted by atomic mass is 10.0. The first-order valence-electron chi connectivity index (χ1n) is 8.53. The molecular weight excluding hydrogens is 252 g/mol. The van der Waals surface area contributed by atoms with Gasteiger partial charge in [-0.1, -0.05) is 45.4 Å². The molecule has 1 heterocycles. The number of ether oxygens (including phenoxy) is 2. The first kappa shape index (κ1) is 17.9. The fourth-order valence-corrected chi connectivity index (χ4v) is 2.79. The third-order valence-corrected chi connectivity index (χ3v) is 4.02. The molecular formula is C17H34O3. The Bertz CT molecular complexity index is 240. The van der Waals surface area contributed by atoms with Crippen LogP contribution in [0.2, 0.25) is 0 Å². The number of rotatable bonds is 11. The van der Waals surface area contributed by atoms with Gasteiger partial charge in [-0.3, -0.25) is 0 Å². The van der Waals surface area contributed by atoms with Crippen molar-refractivity contribution >= 4 is 0 Å². The first-order valence-corrected chi connectivity index (χ1v) is 8.53. The summed E-state index contributed by atoms with van der Waals surface area (Å²) in [5, 5.41) is 9.96. The lowest BCUT2D eigenvalue weighted by molar-refractivity contribution is -0.139. The zero-order valence-electron chi connectivity index (χ0n) is 13.7. The molecule has 0 spiro atoms. The van der Waals surface area contributed by atoms with Gasteiger partial charge in [0.05, 0.1) is 18.8 Å². The van der Waals surface area contributed by atoms with E-state index in [1.165, 1.54) is 38.5 Å². The molecule has 120 valence electrons. The predicted octanol–water partition coefficient (Wildman–Crippen LogP) is 4.42. The highest BCUT2D eigenvalue weighted by atomic mass is 16.7. The quantitative estimate of drug-likeness (QED) is 0.571. The van der Waals surface area contributed by atoms with Crippen LogP contribution in [-0.2, 0) is 9.47 Å². The van der Waals surface area contributed by atoms with Crippen molar-refractivity contribution in [3.05, 3.63) is 0 Å². The molecule has 1 saturated heterocycles. The minimum absolute atomic E-state index is 0.128. The van der Waals surface area contributed by atoms with Crippen LogP contribution in [-0.4, -0.2) is 29.7 Å². The lowest BCUT2D eigenvalue weighted by Crippen LogP contribution is -2.21. The molecule has 2 atom stereocenters. The molecule has 0 aromatic rings. The summed E-state index contributed by atoms with van der Waals surface area (Å²) in [7, 11) is 0. The second-order valence-electron chi connectivity index (χ2n) is 6.59. The van der Waals surface area contributed by atoms with Gasteiger partial charge in [0.1, 0.15) is 0 Å². The first-order chi connectivity index (χ1) is 9.53. The van der Waals surface area contributed by atoms with Crippen molar-refractivity contribution in [1.82, 2.24) is 0 Å². The Balaban J connectivity index is 1.91. The van der Waals surface area contributed by atoms with Gasteiger partial charge in [0.15, 0.2) is 5.79 Å². The lowest BCUT2D eigenvalue weighted by Gasteiger charge is -2.17. The summed E-state index contributed by atoms with van der Waals surface area (Å²) in [6, 6.07) is 0. The minimum atomic E-state index is -0.415. The highest BCUT2D eigenvalue weighted by Gasteiger charge is 2.32. The molecule has 2 unspecified atom stereocenters. The van der Waals surface area contributed by atoms with Crippen LogP contribution in [0, 0.1) is 0 Å². The molecule has 1 aliphatic heterocycles. The van der Waals surface area contributed by atoms with E-state index in [2.05, 4.69) is 6.92 Å². The number of hydrogen-bond donors (Lipinski definition) is 1. The summed E-state index contributed by atoms with van der Waals surface area (Å²) in [5.74, 6) is -0.415. The van der Waals surface area contributed by atoms with E-state index in [0.29, 0.717) is 6.61 Å². The van der Waals surface area contributed by atoms with E-state index in [1.54, 1.807) is 0 Å². The summed E-state index contributed by atoms with van der Waals surface area (Å²) in [4.78, 5) is 0. The number of unbranched alkanes of at least 4 members (excludes halogenated alkanes) is 5. The van der Waals surface area contributed by atoms with E-state index < -0.39 is 5.79 Å². The summed E-state index contributed by atoms with van der Waals surface area (Å²) in [6.07, 6.45) is 11.7. The molecule has 1 aliphatic rings. The molecule has 0 aromatic heterocycles. The molecule has 0 aliphatic carbocycles. The van der Waals surface area contributed by atoms with E-state index in [1.807, 2.05) is 13.8 Å². The number of aliphatic hydroxyl groups excluding tert-OH is 1. The molecule has 1 N–H and O–H groups in total. The van der Waals surface area contributed by atoms with Crippen LogP contribution in [0.25, 0.3) is 0 Å². The van der Waals surface area contributed by atoms with Crippen LogP contribution >= 0.6 is 0 Å². The topological polar surface area (TPSA) is 38.7 Å². The van der Waals surface area contributed by atoms with Crippen molar-refractivity contribution in [2.24, 2.45) is 0 Å². The second-order valence-corrected chi connectivity index (χ2v) is 6.59. The van der Waals surface area contributed by atoms with E-state index in [9.17, 15) is 5.11 Å². The summed E-state index contributed by atoms with van der Waals surface area (Å²) in [5.41, 5.74) is 0. The van der Waals surface area contributed by atoms with E-state index in [4.69, 9.17) is 9.47 Å². The van der Waals surface area contributed by atoms with Crippen molar-refractivity contribution < 1.29 is 14.6 Å². The van der Waals surface area contributed by atoms with Crippen LogP contribution < -0.4 is 0 Å². The summed E-state index contributed by atoms with van der Waals surface area (Å²) < 4.78 is 11.3. The van der Waals surface area contributed by atoms with Gasteiger partial charge in [-0.15, -0.1) is 0 Å². The fourth-order valence-electron chi connectivity index (χ4n) is 2.79. The standard InChI is InChI=1S/C17H34O3/c1-4-5-6-7-8-9-11-15(18)12-10-13-16-14-19-17(2,3)20-16/h15-16,18H,4-14H2,1-3H3. The SMILES string of the molecule is CCCCCCCCC(O)CCCC1COC(C)(C)O1. The van der Waals surface area contributed by atoms with E-state index in [0.717, 1.165) is 25.7 Å². The molecule has 1 fully saturated rings. The van der Waals surface area contributed by atoms with Crippen LogP contribution in [0.15, 0.2) is 0 Å². The maximum absolute atomic E-state index is 9.96. The van der Waals surface area contributed by atoms with Crippen molar-refractivity contribution in [1.29, 1.82) is 0 Å². The molecule has 0 bridgehead atoms. The van der Waals surface area contributed by atoms with Crippen molar-refractivity contribution in [2.45, 2.75) is 103 Å². The van der Waals surface area contributed by atoms with E-state index in [-0.39, 0.29) is 12.2 Å². The smallest absolute Gasteiger partial charge is 0.163 e. The Labute approximate surface area is 125 Å². The van der Waals surface area contributed by atoms with Crippen molar-refractivity contribution in [3.63, 3.8) is 0 Å². The largest absolute Gasteiger partial charge is 0.393 e. The zero-order valence-corrected chi connectivity index (χ0v) is 13.7. The monoisotopic (exact) mass is 286 g/mol. The van der Waals surface area contributed by atoms with E-state index >= 15 is 0 Å². The van der Waals surface area contributed by atoms with Gasteiger partial charge < -0.3 is 14.6 Å². The second kappa shape index (κ2) is 9.75. The van der Waals surface area contributed by atoms with Crippen LogP contribution in [0.3, 0.4) is 0 Å². The van der Waals surface area contributed by atoms with Gasteiger partial charge in [0.2, 0.25) is 0 Å². The zero-order chi connectivity index (χ0) is 14.8. The van der Waals surface area contributed by atoms with Crippen molar-refractivity contribution in [3.8, 4) is 0 Å². The van der Waals surface area contributed by atoms with Gasteiger partial charge in [0, 0.05) is 0 Å². The van der Waals surface area contributed by atoms with Crippen LogP contribution in [0.4, 0.5) is 0 Å². The molecule has 0 radical (unpaired) electrons. The summed E-state index contributed by atoms with van der Waals surface area (Å²) in [6.45, 7) is 6.85. The van der Waals surface area contributed by atoms with Crippen molar-refractivity contribution in [2.75, 3.05) is 6.61 Å². The maximum atomic E-state index is 9.96. The average Bonchev–Trinajstić information content (AvgIpc) is 2.73. The highest BCUT2D eigenvalue weighted by Crippen LogP contribution is 2.25.